The SMILES string of the molecule is CCCS[P@@](=S)(OCC)OCc1cc(P(=O)(OSCC)OSCC)nc(C(C)C)n1. The van der Waals surface area contributed by atoms with Gasteiger partial charge in [0.2, 0.25) is 5.69 Å². The van der Waals surface area contributed by atoms with Gasteiger partial charge in [0.1, 0.15) is 5.82 Å². The van der Waals surface area contributed by atoms with Crippen molar-refractivity contribution in [3.8, 4) is 0 Å². The first-order valence-corrected chi connectivity index (χ1v) is 17.5. The summed E-state index contributed by atoms with van der Waals surface area (Å²) in [5.74, 6) is 2.71. The van der Waals surface area contributed by atoms with Crippen molar-refractivity contribution in [3.63, 3.8) is 0 Å². The predicted octanol–water partition coefficient (Wildman–Crippen LogP) is 6.71. The summed E-state index contributed by atoms with van der Waals surface area (Å²) in [7, 11) is -3.63. The molecule has 0 saturated heterocycles. The normalized spacial score (nSPS) is 14.2. The van der Waals surface area contributed by atoms with Gasteiger partial charge in [0, 0.05) is 47.3 Å². The number of aromatic nitrogens is 2. The summed E-state index contributed by atoms with van der Waals surface area (Å²) in [5, 5.41) is 0. The van der Waals surface area contributed by atoms with E-state index in [2.05, 4.69) is 16.9 Å². The molecule has 0 aromatic carbocycles. The minimum Gasteiger partial charge on any atom is -0.322 e. The Hall–Kier alpha value is 0.850. The fraction of sp³-hybridized carbons (Fsp3) is 0.765. The van der Waals surface area contributed by atoms with Crippen LogP contribution in [0.15, 0.2) is 6.07 Å². The van der Waals surface area contributed by atoms with Gasteiger partial charge in [-0.05, 0) is 31.2 Å². The lowest BCUT2D eigenvalue weighted by Gasteiger charge is -2.21. The van der Waals surface area contributed by atoms with Gasteiger partial charge in [-0.15, -0.1) is 0 Å². The molecule has 0 fully saturated rings. The molecule has 1 atom stereocenters. The van der Waals surface area contributed by atoms with Crippen LogP contribution in [-0.4, -0.2) is 33.8 Å². The molecule has 0 aliphatic carbocycles. The van der Waals surface area contributed by atoms with E-state index in [1.165, 1.54) is 11.4 Å². The van der Waals surface area contributed by atoms with Gasteiger partial charge in [-0.1, -0.05) is 46.0 Å². The second kappa shape index (κ2) is 14.9. The molecule has 1 heterocycles. The zero-order valence-corrected chi connectivity index (χ0v) is 23.4. The highest BCUT2D eigenvalue weighted by Crippen LogP contribution is 2.61. The summed E-state index contributed by atoms with van der Waals surface area (Å²) in [6, 6.07) is 1.62. The zero-order chi connectivity index (χ0) is 22.6. The Balaban J connectivity index is 3.22. The van der Waals surface area contributed by atoms with Crippen LogP contribution in [0.25, 0.3) is 0 Å². The van der Waals surface area contributed by atoms with E-state index in [1.54, 1.807) is 6.07 Å². The van der Waals surface area contributed by atoms with Crippen molar-refractivity contribution in [1.82, 2.24) is 9.97 Å². The van der Waals surface area contributed by atoms with Gasteiger partial charge >= 0.3 is 7.60 Å². The summed E-state index contributed by atoms with van der Waals surface area (Å²) in [6.07, 6.45) is 0.983. The summed E-state index contributed by atoms with van der Waals surface area (Å²) in [4.78, 5) is 9.06. The first kappa shape index (κ1) is 28.9. The maximum atomic E-state index is 13.4. The third-order valence-corrected chi connectivity index (χ3v) is 12.5. The highest BCUT2D eigenvalue weighted by molar-refractivity contribution is 8.67. The lowest BCUT2D eigenvalue weighted by molar-refractivity contribution is 0.258. The number of hydrogen-bond donors (Lipinski definition) is 0. The molecule has 0 spiro atoms. The molecule has 7 nitrogen and oxygen atoms in total. The minimum absolute atomic E-state index is 0.0271. The maximum absolute atomic E-state index is 13.4. The summed E-state index contributed by atoms with van der Waals surface area (Å²) >= 11 is 9.36. The Kier molecular flexibility index (Phi) is 14.3. The van der Waals surface area contributed by atoms with Gasteiger partial charge in [0.05, 0.1) is 18.9 Å². The molecular weight excluding hydrogens is 502 g/mol. The van der Waals surface area contributed by atoms with Crippen molar-refractivity contribution in [2.45, 2.75) is 60.5 Å². The van der Waals surface area contributed by atoms with Crippen molar-refractivity contribution in [2.75, 3.05) is 23.9 Å². The van der Waals surface area contributed by atoms with Crippen LogP contribution in [0.2, 0.25) is 0 Å². The van der Waals surface area contributed by atoms with E-state index in [-0.39, 0.29) is 18.0 Å². The molecule has 30 heavy (non-hydrogen) atoms. The second-order valence-corrected chi connectivity index (χ2v) is 16.9. The van der Waals surface area contributed by atoms with Crippen LogP contribution in [0.5, 0.6) is 0 Å². The van der Waals surface area contributed by atoms with Gasteiger partial charge in [-0.25, -0.2) is 17.9 Å². The third kappa shape index (κ3) is 9.77. The van der Waals surface area contributed by atoms with Gasteiger partial charge in [0.15, 0.2) is 5.44 Å². The molecule has 13 heteroatoms. The molecule has 1 aromatic rings. The topological polar surface area (TPSA) is 79.8 Å². The lowest BCUT2D eigenvalue weighted by atomic mass is 10.2. The fourth-order valence-electron chi connectivity index (χ4n) is 1.93. The van der Waals surface area contributed by atoms with Gasteiger partial charge in [-0.3, -0.25) is 4.57 Å². The molecule has 1 aromatic heterocycles. The van der Waals surface area contributed by atoms with Crippen molar-refractivity contribution in [3.05, 3.63) is 17.6 Å². The standard InChI is InChI=1S/C17H32N2O5P2S4/c1-7-11-30-26(27,21-8-2)22-13-15-12-16(19-17(18-15)14(5)6)25(20,23-28-9-3)24-29-10-4/h12,14H,7-11,13H2,1-6H3/t26-/m0/s1. The molecule has 1 rings (SSSR count). The highest BCUT2D eigenvalue weighted by atomic mass is 32.9. The Labute approximate surface area is 198 Å². The van der Waals surface area contributed by atoms with Gasteiger partial charge in [-0.2, -0.15) is 0 Å². The quantitative estimate of drug-likeness (QED) is 0.168. The Morgan fingerprint density at radius 2 is 1.70 bits per heavy atom. The number of nitrogens with zero attached hydrogens (tertiary/aromatic N) is 2. The van der Waals surface area contributed by atoms with Crippen molar-refractivity contribution >= 4 is 66.0 Å². The molecule has 0 radical (unpaired) electrons. The largest absolute Gasteiger partial charge is 0.401 e. The second-order valence-electron chi connectivity index (χ2n) is 6.16. The Morgan fingerprint density at radius 3 is 2.20 bits per heavy atom. The van der Waals surface area contributed by atoms with E-state index in [9.17, 15) is 4.57 Å². The molecule has 0 aliphatic rings. The van der Waals surface area contributed by atoms with E-state index in [0.717, 1.165) is 36.3 Å². The summed E-state index contributed by atoms with van der Waals surface area (Å²) in [5.41, 5.74) is -1.68. The highest BCUT2D eigenvalue weighted by Gasteiger charge is 2.33. The molecular formula is C17H32N2O5P2S4. The molecule has 0 bridgehead atoms. The van der Waals surface area contributed by atoms with Crippen LogP contribution >= 0.6 is 48.8 Å². The van der Waals surface area contributed by atoms with Crippen LogP contribution in [0.3, 0.4) is 0 Å². The Bertz CT molecular complexity index is 730. The van der Waals surface area contributed by atoms with E-state index in [1.807, 2.05) is 34.6 Å². The number of rotatable bonds is 16. The average Bonchev–Trinajstić information content (AvgIpc) is 2.73. The van der Waals surface area contributed by atoms with Crippen molar-refractivity contribution < 1.29 is 21.6 Å². The van der Waals surface area contributed by atoms with E-state index >= 15 is 0 Å². The molecule has 174 valence electrons. The van der Waals surface area contributed by atoms with E-state index < -0.39 is 13.3 Å². The van der Waals surface area contributed by atoms with Crippen molar-refractivity contribution in [1.29, 1.82) is 0 Å². The molecule has 0 unspecified atom stereocenters. The van der Waals surface area contributed by atoms with Crippen LogP contribution in [0, 0.1) is 0 Å². The maximum Gasteiger partial charge on any atom is 0.401 e. The van der Waals surface area contributed by atoms with E-state index in [0.29, 0.717) is 29.6 Å². The molecule has 0 N–H and O–H groups in total. The van der Waals surface area contributed by atoms with Crippen LogP contribution in [0.1, 0.15) is 65.4 Å². The number of hydrogen-bond acceptors (Lipinski definition) is 11. The predicted molar refractivity (Wildman–Crippen MR) is 135 cm³/mol. The average molecular weight is 535 g/mol. The zero-order valence-electron chi connectivity index (χ0n) is 18.4. The van der Waals surface area contributed by atoms with Crippen LogP contribution in [0.4, 0.5) is 0 Å². The first-order chi connectivity index (χ1) is 14.2. The summed E-state index contributed by atoms with van der Waals surface area (Å²) < 4.78 is 36.3. The molecule has 0 saturated carbocycles. The van der Waals surface area contributed by atoms with Crippen LogP contribution < -0.4 is 5.44 Å². The first-order valence-electron chi connectivity index (χ1n) is 9.88. The molecule has 0 amide bonds. The smallest absolute Gasteiger partial charge is 0.322 e. The summed E-state index contributed by atoms with van der Waals surface area (Å²) in [6.45, 7) is 12.4. The minimum atomic E-state index is -3.63. The fourth-order valence-corrected chi connectivity index (χ4v) is 9.87. The van der Waals surface area contributed by atoms with Gasteiger partial charge < -0.3 is 9.05 Å². The molecule has 0 aliphatic heterocycles. The Morgan fingerprint density at radius 1 is 1.07 bits per heavy atom. The third-order valence-electron chi connectivity index (χ3n) is 3.23. The monoisotopic (exact) mass is 534 g/mol. The van der Waals surface area contributed by atoms with E-state index in [4.69, 9.17) is 28.8 Å². The lowest BCUT2D eigenvalue weighted by Crippen LogP contribution is -2.18. The van der Waals surface area contributed by atoms with Crippen LogP contribution in [-0.2, 0) is 40.0 Å². The van der Waals surface area contributed by atoms with Gasteiger partial charge in [0.25, 0.3) is 0 Å². The van der Waals surface area contributed by atoms with Crippen molar-refractivity contribution in [2.24, 2.45) is 0 Å².